The van der Waals surface area contributed by atoms with Crippen LogP contribution in [-0.4, -0.2) is 49.9 Å². The van der Waals surface area contributed by atoms with Gasteiger partial charge in [-0.1, -0.05) is 17.7 Å². The van der Waals surface area contributed by atoms with E-state index in [1.807, 2.05) is 18.3 Å². The van der Waals surface area contributed by atoms with E-state index in [4.69, 9.17) is 27.9 Å². The number of aromatic nitrogens is 1. The molecule has 4 fully saturated rings. The number of rotatable bonds is 5. The van der Waals surface area contributed by atoms with Crippen LogP contribution in [0.2, 0.25) is 5.02 Å². The van der Waals surface area contributed by atoms with Crippen LogP contribution in [-0.2, 0) is 0 Å². The van der Waals surface area contributed by atoms with E-state index in [1.54, 1.807) is 0 Å². The number of hydrogen-bond donors (Lipinski definition) is 1. The van der Waals surface area contributed by atoms with E-state index < -0.39 is 0 Å². The van der Waals surface area contributed by atoms with E-state index in [0.29, 0.717) is 28.3 Å². The molecule has 1 atom stereocenters. The summed E-state index contributed by atoms with van der Waals surface area (Å²) in [6.07, 6.45) is 10.7. The van der Waals surface area contributed by atoms with Crippen LogP contribution >= 0.6 is 11.6 Å². The quantitative estimate of drug-likeness (QED) is 0.468. The summed E-state index contributed by atoms with van der Waals surface area (Å²) in [4.78, 5) is 13.2. The lowest BCUT2D eigenvalue weighted by atomic mass is 9.76. The zero-order valence-corrected chi connectivity index (χ0v) is 22.6. The molecule has 1 N–H and O–H groups in total. The van der Waals surface area contributed by atoms with Crippen molar-refractivity contribution in [2.45, 2.75) is 64.0 Å². The fourth-order valence-electron chi connectivity index (χ4n) is 7.15. The molecule has 2 aromatic rings. The average molecular weight is 520 g/mol. The SMILES string of the molecule is [C-]#[N+]c1ccc(N2CC3(CCN(c4ccc(OC5CCC(C6CNC6)CC5)cn4)CC3)C[C@@H]2C)cc1Cl. The Labute approximate surface area is 226 Å². The van der Waals surface area contributed by atoms with Crippen LogP contribution < -0.4 is 19.9 Å². The standard InChI is InChI=1S/C30H38ClN5O/c1-21-16-30(20-36(21)24-5-9-28(32-2)27(31)15-24)11-13-35(14-12-30)29-10-8-26(19-34-29)37-25-6-3-22(4-7-25)23-17-33-18-23/h5,8-10,15,19,21-23,25,33H,3-4,6-7,11-14,16-18,20H2,1H3/t21-,22?,25?/m0/s1. The van der Waals surface area contributed by atoms with Gasteiger partial charge in [0.2, 0.25) is 5.69 Å². The maximum Gasteiger partial charge on any atom is 0.205 e. The van der Waals surface area contributed by atoms with Gasteiger partial charge in [-0.05, 0) is 106 Å². The molecule has 4 heterocycles. The van der Waals surface area contributed by atoms with Gasteiger partial charge in [-0.15, -0.1) is 0 Å². The number of hydrogen-bond acceptors (Lipinski definition) is 5. The lowest BCUT2D eigenvalue weighted by Crippen LogP contribution is -2.47. The summed E-state index contributed by atoms with van der Waals surface area (Å²) >= 11 is 6.35. The van der Waals surface area contributed by atoms with Crippen molar-refractivity contribution >= 4 is 28.8 Å². The molecule has 6 nitrogen and oxygen atoms in total. The van der Waals surface area contributed by atoms with Crippen LogP contribution in [0, 0.1) is 23.8 Å². The highest BCUT2D eigenvalue weighted by Gasteiger charge is 2.44. The molecule has 1 aliphatic carbocycles. The average Bonchev–Trinajstić information content (AvgIpc) is 3.20. The highest BCUT2D eigenvalue weighted by atomic mass is 35.5. The third kappa shape index (κ3) is 5.13. The molecular weight excluding hydrogens is 482 g/mol. The van der Waals surface area contributed by atoms with Gasteiger partial charge in [-0.3, -0.25) is 0 Å². The second-order valence-electron chi connectivity index (χ2n) is 11.8. The van der Waals surface area contributed by atoms with Gasteiger partial charge >= 0.3 is 0 Å². The van der Waals surface area contributed by atoms with Crippen LogP contribution in [0.1, 0.15) is 51.9 Å². The van der Waals surface area contributed by atoms with Gasteiger partial charge in [0.1, 0.15) is 11.6 Å². The number of nitrogens with zero attached hydrogens (tertiary/aromatic N) is 4. The summed E-state index contributed by atoms with van der Waals surface area (Å²) in [7, 11) is 0. The van der Waals surface area contributed by atoms with E-state index in [0.717, 1.165) is 48.7 Å². The number of halogens is 1. The van der Waals surface area contributed by atoms with E-state index in [2.05, 4.69) is 45.1 Å². The van der Waals surface area contributed by atoms with Crippen molar-refractivity contribution in [2.24, 2.45) is 17.3 Å². The maximum atomic E-state index is 7.25. The predicted octanol–water partition coefficient (Wildman–Crippen LogP) is 6.33. The van der Waals surface area contributed by atoms with E-state index in [1.165, 1.54) is 58.0 Å². The number of ether oxygens (including phenoxy) is 1. The Hall–Kier alpha value is -2.49. The summed E-state index contributed by atoms with van der Waals surface area (Å²) in [6.45, 7) is 15.1. The minimum Gasteiger partial charge on any atom is -0.489 e. The number of anilines is 2. The molecule has 7 heteroatoms. The molecule has 0 amide bonds. The van der Waals surface area contributed by atoms with Crippen molar-refractivity contribution in [3.63, 3.8) is 0 Å². The van der Waals surface area contributed by atoms with Crippen LogP contribution in [0.5, 0.6) is 5.75 Å². The highest BCUT2D eigenvalue weighted by molar-refractivity contribution is 6.33. The smallest absolute Gasteiger partial charge is 0.205 e. The summed E-state index contributed by atoms with van der Waals surface area (Å²) in [5, 5.41) is 3.96. The summed E-state index contributed by atoms with van der Waals surface area (Å²) in [5.41, 5.74) is 1.99. The molecule has 0 radical (unpaired) electrons. The first kappa shape index (κ1) is 24.8. The van der Waals surface area contributed by atoms with Crippen molar-refractivity contribution < 1.29 is 4.74 Å². The molecule has 0 unspecified atom stereocenters. The molecule has 4 aliphatic rings. The first-order valence-electron chi connectivity index (χ1n) is 14.0. The van der Waals surface area contributed by atoms with Crippen molar-refractivity contribution in [2.75, 3.05) is 42.5 Å². The Morgan fingerprint density at radius 3 is 2.49 bits per heavy atom. The largest absolute Gasteiger partial charge is 0.489 e. The molecule has 0 bridgehead atoms. The number of piperidine rings is 1. The predicted molar refractivity (Wildman–Crippen MR) is 150 cm³/mol. The zero-order valence-electron chi connectivity index (χ0n) is 21.8. The van der Waals surface area contributed by atoms with Gasteiger partial charge in [0.25, 0.3) is 0 Å². The lowest BCUT2D eigenvalue weighted by Gasteiger charge is -2.40. The monoisotopic (exact) mass is 519 g/mol. The van der Waals surface area contributed by atoms with Crippen molar-refractivity contribution in [1.29, 1.82) is 0 Å². The number of nitrogens with one attached hydrogen (secondary N) is 1. The summed E-state index contributed by atoms with van der Waals surface area (Å²) < 4.78 is 6.31. The fourth-order valence-corrected chi connectivity index (χ4v) is 7.36. The minimum atomic E-state index is 0.332. The van der Waals surface area contributed by atoms with Gasteiger partial charge in [0.15, 0.2) is 0 Å². The molecule has 1 aromatic heterocycles. The number of pyridine rings is 1. The van der Waals surface area contributed by atoms with E-state index >= 15 is 0 Å². The first-order valence-corrected chi connectivity index (χ1v) is 14.4. The Morgan fingerprint density at radius 1 is 1.08 bits per heavy atom. The Morgan fingerprint density at radius 2 is 1.86 bits per heavy atom. The molecular formula is C30H38ClN5O. The highest BCUT2D eigenvalue weighted by Crippen LogP contribution is 2.46. The Kier molecular flexibility index (Phi) is 6.94. The normalized spacial score (nSPS) is 27.6. The summed E-state index contributed by atoms with van der Waals surface area (Å²) in [6, 6.07) is 10.6. The van der Waals surface area contributed by atoms with Gasteiger partial charge in [0, 0.05) is 36.4 Å². The molecule has 6 rings (SSSR count). The van der Waals surface area contributed by atoms with Crippen molar-refractivity contribution in [1.82, 2.24) is 10.3 Å². The van der Waals surface area contributed by atoms with Crippen LogP contribution in [0.4, 0.5) is 17.2 Å². The Balaban J connectivity index is 1.01. The van der Waals surface area contributed by atoms with Gasteiger partial charge in [-0.25, -0.2) is 9.83 Å². The topological polar surface area (TPSA) is 45.0 Å². The third-order valence-electron chi connectivity index (χ3n) is 9.52. The van der Waals surface area contributed by atoms with E-state index in [-0.39, 0.29) is 0 Å². The molecule has 1 spiro atoms. The lowest BCUT2D eigenvalue weighted by molar-refractivity contribution is 0.0945. The minimum absolute atomic E-state index is 0.332. The van der Waals surface area contributed by atoms with Gasteiger partial charge in [-0.2, -0.15) is 0 Å². The first-order chi connectivity index (χ1) is 18.0. The van der Waals surface area contributed by atoms with Gasteiger partial charge < -0.3 is 19.9 Å². The molecule has 1 saturated carbocycles. The van der Waals surface area contributed by atoms with E-state index in [9.17, 15) is 0 Å². The summed E-state index contributed by atoms with van der Waals surface area (Å²) in [5.74, 6) is 3.76. The molecule has 196 valence electrons. The van der Waals surface area contributed by atoms with Crippen LogP contribution in [0.15, 0.2) is 36.5 Å². The van der Waals surface area contributed by atoms with Crippen LogP contribution in [0.25, 0.3) is 4.85 Å². The van der Waals surface area contributed by atoms with Gasteiger partial charge in [0.05, 0.1) is 18.9 Å². The molecule has 37 heavy (non-hydrogen) atoms. The fraction of sp³-hybridized carbons (Fsp3) is 0.600. The van der Waals surface area contributed by atoms with Crippen molar-refractivity contribution in [3.05, 3.63) is 53.0 Å². The van der Waals surface area contributed by atoms with Crippen molar-refractivity contribution in [3.8, 4) is 5.75 Å². The zero-order chi connectivity index (χ0) is 25.4. The molecule has 3 aliphatic heterocycles. The molecule has 1 aromatic carbocycles. The second-order valence-corrected chi connectivity index (χ2v) is 12.2. The Bertz CT molecular complexity index is 1130. The third-order valence-corrected chi connectivity index (χ3v) is 9.82. The van der Waals surface area contributed by atoms with Crippen LogP contribution in [0.3, 0.4) is 0 Å². The maximum absolute atomic E-state index is 7.25. The number of benzene rings is 1. The second kappa shape index (κ2) is 10.3. The molecule has 3 saturated heterocycles.